The number of hydrogen-bond donors (Lipinski definition) is 0. The molecule has 0 radical (unpaired) electrons. The summed E-state index contributed by atoms with van der Waals surface area (Å²) in [6.45, 7) is 0. The highest BCUT2D eigenvalue weighted by Crippen LogP contribution is 2.56. The van der Waals surface area contributed by atoms with Crippen LogP contribution in [0.15, 0.2) is 66.4 Å². The minimum Gasteiger partial charge on any atom is -0.166 e. The smallest absolute Gasteiger partial charge is 0.166 e. The summed E-state index contributed by atoms with van der Waals surface area (Å²) in [7, 11) is 0. The van der Waals surface area contributed by atoms with Gasteiger partial charge < -0.3 is 0 Å². The predicted octanol–water partition coefficient (Wildman–Crippen LogP) is 10.1. The fraction of sp³-hybridized carbons (Fsp3) is 0.100. The Morgan fingerprint density at radius 3 is 1.07 bits per heavy atom. The van der Waals surface area contributed by atoms with Crippen LogP contribution in [0.25, 0.3) is 22.3 Å². The zero-order valence-electron chi connectivity index (χ0n) is 14.4. The number of alkyl halides is 6. The summed E-state index contributed by atoms with van der Waals surface area (Å²) in [6.07, 6.45) is -9.88. The first-order valence-corrected chi connectivity index (χ1v) is 11.2. The highest BCUT2D eigenvalue weighted by molar-refractivity contribution is 9.11. The Kier molecular flexibility index (Phi) is 6.82. The lowest BCUT2D eigenvalue weighted by atomic mass is 9.90. The van der Waals surface area contributed by atoms with Crippen LogP contribution in [0.4, 0.5) is 26.3 Å². The first kappa shape index (κ1) is 23.8. The van der Waals surface area contributed by atoms with Crippen LogP contribution < -0.4 is 0 Å². The van der Waals surface area contributed by atoms with E-state index < -0.39 is 43.6 Å². The molecule has 0 fully saturated rings. The van der Waals surface area contributed by atoms with E-state index in [-0.39, 0.29) is 20.1 Å². The van der Waals surface area contributed by atoms with Crippen LogP contribution in [-0.2, 0) is 12.4 Å². The number of halogens is 10. The molecule has 0 nitrogen and oxygen atoms in total. The molecule has 0 aliphatic heterocycles. The van der Waals surface area contributed by atoms with Gasteiger partial charge in [0.2, 0.25) is 0 Å². The van der Waals surface area contributed by atoms with Crippen LogP contribution in [-0.4, -0.2) is 0 Å². The second-order valence-electron chi connectivity index (χ2n) is 6.08. The number of hydrogen-bond acceptors (Lipinski definition) is 0. The van der Waals surface area contributed by atoms with E-state index in [1.807, 2.05) is 0 Å². The third kappa shape index (κ3) is 4.38. The first-order chi connectivity index (χ1) is 13.9. The van der Waals surface area contributed by atoms with Crippen molar-refractivity contribution in [2.45, 2.75) is 12.4 Å². The summed E-state index contributed by atoms with van der Waals surface area (Å²) in [5.41, 5.74) is -3.68. The van der Waals surface area contributed by atoms with Crippen LogP contribution >= 0.6 is 63.7 Å². The topological polar surface area (TPSA) is 0 Å². The van der Waals surface area contributed by atoms with E-state index in [2.05, 4.69) is 63.7 Å². The van der Waals surface area contributed by atoms with Crippen LogP contribution in [0.3, 0.4) is 0 Å². The largest absolute Gasteiger partial charge is 0.418 e. The molecule has 0 atom stereocenters. The molecule has 0 aromatic heterocycles. The Balaban J connectivity index is 2.62. The minimum absolute atomic E-state index is 0.0263. The Hall–Kier alpha value is -0.840. The van der Waals surface area contributed by atoms with Crippen LogP contribution in [0.1, 0.15) is 11.1 Å². The van der Waals surface area contributed by atoms with Gasteiger partial charge >= 0.3 is 12.4 Å². The maximum atomic E-state index is 14.2. The predicted molar refractivity (Wildman–Crippen MR) is 118 cm³/mol. The third-order valence-corrected chi connectivity index (χ3v) is 7.20. The molecule has 3 aromatic carbocycles. The lowest BCUT2D eigenvalue weighted by Gasteiger charge is -2.25. The van der Waals surface area contributed by atoms with Gasteiger partial charge in [0.25, 0.3) is 0 Å². The molecule has 0 saturated carbocycles. The van der Waals surface area contributed by atoms with Crippen molar-refractivity contribution >= 4 is 63.7 Å². The quantitative estimate of drug-likeness (QED) is 0.236. The molecule has 0 N–H and O–H groups in total. The monoisotopic (exact) mass is 678 g/mol. The van der Waals surface area contributed by atoms with E-state index in [4.69, 9.17) is 0 Å². The van der Waals surface area contributed by atoms with Gasteiger partial charge in [-0.3, -0.25) is 0 Å². The van der Waals surface area contributed by atoms with Gasteiger partial charge in [0.1, 0.15) is 0 Å². The van der Waals surface area contributed by atoms with E-state index in [1.54, 1.807) is 12.1 Å². The van der Waals surface area contributed by atoms with Gasteiger partial charge in [0, 0.05) is 29.0 Å². The minimum atomic E-state index is -4.94. The Labute approximate surface area is 201 Å². The molecule has 158 valence electrons. The summed E-state index contributed by atoms with van der Waals surface area (Å²) in [5.74, 6) is 0. The molecule has 0 amide bonds. The van der Waals surface area contributed by atoms with Crippen molar-refractivity contribution in [3.63, 3.8) is 0 Å². The van der Waals surface area contributed by atoms with Gasteiger partial charge in [-0.2, -0.15) is 26.3 Å². The molecule has 30 heavy (non-hydrogen) atoms. The molecule has 0 aliphatic rings. The first-order valence-electron chi connectivity index (χ1n) is 8.04. The van der Waals surface area contributed by atoms with Crippen molar-refractivity contribution < 1.29 is 26.3 Å². The van der Waals surface area contributed by atoms with Crippen LogP contribution in [0, 0.1) is 0 Å². The van der Waals surface area contributed by atoms with Gasteiger partial charge in [0.05, 0.1) is 11.1 Å². The second-order valence-corrected chi connectivity index (χ2v) is 9.38. The molecule has 0 unspecified atom stereocenters. The number of rotatable bonds is 2. The summed E-state index contributed by atoms with van der Waals surface area (Å²) in [4.78, 5) is 0. The zero-order valence-corrected chi connectivity index (χ0v) is 20.7. The normalized spacial score (nSPS) is 12.3. The lowest BCUT2D eigenvalue weighted by molar-refractivity contribution is -0.141. The zero-order chi connectivity index (χ0) is 22.4. The Morgan fingerprint density at radius 1 is 0.500 bits per heavy atom. The molecule has 0 heterocycles. The molecular formula is C20H8Br4F6. The van der Waals surface area contributed by atoms with E-state index in [0.717, 1.165) is 0 Å². The van der Waals surface area contributed by atoms with Crippen molar-refractivity contribution in [2.24, 2.45) is 0 Å². The lowest BCUT2D eigenvalue weighted by Crippen LogP contribution is -2.16. The molecule has 3 aromatic rings. The second kappa shape index (κ2) is 8.60. The molecule has 3 rings (SSSR count). The van der Waals surface area contributed by atoms with Gasteiger partial charge in [-0.25, -0.2) is 0 Å². The van der Waals surface area contributed by atoms with E-state index in [1.165, 1.54) is 36.4 Å². The summed E-state index contributed by atoms with van der Waals surface area (Å²) in [6, 6.07) is 11.6. The van der Waals surface area contributed by atoms with E-state index >= 15 is 0 Å². The van der Waals surface area contributed by atoms with Crippen LogP contribution in [0.5, 0.6) is 0 Å². The van der Waals surface area contributed by atoms with Crippen molar-refractivity contribution in [3.05, 3.63) is 77.5 Å². The SMILES string of the molecule is FC(F)(F)c1c(Br)c(-c2ccccc2Br)c(C(F)(F)F)c(Br)c1-c1ccccc1Br. The standard InChI is InChI=1S/C20H8Br4F6/c21-11-7-3-1-5-9(11)13-15(19(25,26)27)18(24)14(10-6-2-4-8-12(10)22)16(17(13)23)20(28,29)30/h1-8H. The average Bonchev–Trinajstić information content (AvgIpc) is 2.62. The van der Waals surface area contributed by atoms with Crippen molar-refractivity contribution in [3.8, 4) is 22.3 Å². The van der Waals surface area contributed by atoms with Gasteiger partial charge in [-0.1, -0.05) is 68.3 Å². The highest BCUT2D eigenvalue weighted by Gasteiger charge is 2.45. The molecule has 0 bridgehead atoms. The summed E-state index contributed by atoms with van der Waals surface area (Å²) in [5, 5.41) is 0. The fourth-order valence-corrected chi connectivity index (χ4v) is 5.69. The molecule has 0 aliphatic carbocycles. The molecule has 0 spiro atoms. The van der Waals surface area contributed by atoms with Crippen molar-refractivity contribution in [2.75, 3.05) is 0 Å². The fourth-order valence-electron chi connectivity index (χ4n) is 3.06. The molecular weight excluding hydrogens is 674 g/mol. The molecule has 0 saturated heterocycles. The van der Waals surface area contributed by atoms with E-state index in [9.17, 15) is 26.3 Å². The van der Waals surface area contributed by atoms with Crippen molar-refractivity contribution in [1.82, 2.24) is 0 Å². The van der Waals surface area contributed by atoms with E-state index in [0.29, 0.717) is 0 Å². The van der Waals surface area contributed by atoms with Gasteiger partial charge in [0.15, 0.2) is 0 Å². The maximum Gasteiger partial charge on any atom is 0.418 e. The van der Waals surface area contributed by atoms with Gasteiger partial charge in [-0.15, -0.1) is 0 Å². The van der Waals surface area contributed by atoms with Gasteiger partial charge in [-0.05, 0) is 55.1 Å². The summed E-state index contributed by atoms with van der Waals surface area (Å²) < 4.78 is 84.1. The average molecular weight is 682 g/mol. The molecule has 10 heteroatoms. The van der Waals surface area contributed by atoms with Crippen molar-refractivity contribution in [1.29, 1.82) is 0 Å². The summed E-state index contributed by atoms with van der Waals surface area (Å²) >= 11 is 12.0. The maximum absolute atomic E-state index is 14.2. The number of benzene rings is 3. The Morgan fingerprint density at radius 2 is 0.800 bits per heavy atom. The highest BCUT2D eigenvalue weighted by atomic mass is 79.9. The van der Waals surface area contributed by atoms with Crippen LogP contribution in [0.2, 0.25) is 0 Å². The Bertz CT molecular complexity index is 1030. The third-order valence-electron chi connectivity index (χ3n) is 4.23.